The molecule has 9 nitrogen and oxygen atoms in total. The van der Waals surface area contributed by atoms with E-state index in [0.717, 1.165) is 61.9 Å². The Morgan fingerprint density at radius 2 is 1.97 bits per heavy atom. The fraction of sp³-hybridized carbons (Fsp3) is 0.435. The first-order valence-corrected chi connectivity index (χ1v) is 11.7. The second kappa shape index (κ2) is 8.17. The number of aromatic amines is 1. The van der Waals surface area contributed by atoms with E-state index in [0.29, 0.717) is 17.6 Å². The van der Waals surface area contributed by atoms with E-state index in [-0.39, 0.29) is 18.0 Å². The first-order valence-electron chi connectivity index (χ1n) is 11.7. The van der Waals surface area contributed by atoms with Gasteiger partial charge < -0.3 is 16.0 Å². The van der Waals surface area contributed by atoms with E-state index in [4.69, 9.17) is 10.7 Å². The lowest BCUT2D eigenvalue weighted by Gasteiger charge is -2.34. The van der Waals surface area contributed by atoms with Crippen molar-refractivity contribution in [2.45, 2.75) is 49.9 Å². The van der Waals surface area contributed by atoms with Crippen LogP contribution in [-0.4, -0.2) is 44.7 Å². The molecule has 3 aliphatic rings. The summed E-state index contributed by atoms with van der Waals surface area (Å²) in [6.07, 6.45) is 5.98. The predicted molar refractivity (Wildman–Crippen MR) is 125 cm³/mol. The van der Waals surface area contributed by atoms with Gasteiger partial charge in [-0.05, 0) is 50.4 Å². The number of H-pyrrole nitrogens is 1. The molecule has 1 atom stereocenters. The van der Waals surface area contributed by atoms with Crippen LogP contribution in [-0.2, 0) is 6.42 Å². The zero-order valence-electron chi connectivity index (χ0n) is 18.6. The lowest BCUT2D eigenvalue weighted by atomic mass is 10.0. The molecule has 11 heteroatoms. The number of rotatable bonds is 5. The van der Waals surface area contributed by atoms with E-state index in [1.54, 1.807) is 6.20 Å². The van der Waals surface area contributed by atoms with Crippen molar-refractivity contribution in [2.24, 2.45) is 10.7 Å². The van der Waals surface area contributed by atoms with Gasteiger partial charge in [0.15, 0.2) is 11.6 Å². The number of halogens is 2. The molecule has 1 aromatic carbocycles. The topological polar surface area (TPSA) is 121 Å². The van der Waals surface area contributed by atoms with Crippen molar-refractivity contribution in [2.75, 3.05) is 23.7 Å². The molecular weight excluding hydrogens is 440 g/mol. The van der Waals surface area contributed by atoms with Crippen LogP contribution in [0.1, 0.15) is 54.5 Å². The highest BCUT2D eigenvalue weighted by Crippen LogP contribution is 2.40. The normalized spacial score (nSPS) is 22.7. The van der Waals surface area contributed by atoms with Gasteiger partial charge >= 0.3 is 0 Å². The van der Waals surface area contributed by atoms with Gasteiger partial charge in [-0.3, -0.25) is 10.8 Å². The number of nitrogens with zero attached hydrogens (tertiary/aromatic N) is 4. The van der Waals surface area contributed by atoms with Crippen LogP contribution in [0.25, 0.3) is 0 Å². The molecule has 1 saturated carbocycles. The van der Waals surface area contributed by atoms with Crippen molar-refractivity contribution >= 4 is 17.5 Å². The molecule has 2 fully saturated rings. The maximum Gasteiger partial charge on any atom is 0.189 e. The summed E-state index contributed by atoms with van der Waals surface area (Å²) in [6.45, 7) is 1.81. The fourth-order valence-electron chi connectivity index (χ4n) is 4.74. The average Bonchev–Trinajstić information content (AvgIpc) is 3.42. The van der Waals surface area contributed by atoms with Crippen molar-refractivity contribution in [3.05, 3.63) is 58.9 Å². The number of fused-ring (bicyclic) bond motifs is 1. The number of anilines is 2. The number of hydrogen-bond acceptors (Lipinski definition) is 7. The molecule has 6 N–H and O–H groups in total. The third-order valence-electron chi connectivity index (χ3n) is 6.69. The highest BCUT2D eigenvalue weighted by Gasteiger charge is 2.36. The zero-order chi connectivity index (χ0) is 23.3. The van der Waals surface area contributed by atoms with Crippen LogP contribution in [0.2, 0.25) is 0 Å². The van der Waals surface area contributed by atoms with Gasteiger partial charge in [-0.1, -0.05) is 6.07 Å². The average molecular weight is 468 g/mol. The van der Waals surface area contributed by atoms with Crippen molar-refractivity contribution < 1.29 is 8.78 Å². The quantitative estimate of drug-likeness (QED) is 0.394. The molecule has 4 heterocycles. The smallest absolute Gasteiger partial charge is 0.189 e. The minimum Gasteiger partial charge on any atom is -0.333 e. The van der Waals surface area contributed by atoms with Gasteiger partial charge in [-0.2, -0.15) is 10.2 Å². The Bertz CT molecular complexity index is 1240. The minimum absolute atomic E-state index is 0.0228. The van der Waals surface area contributed by atoms with Gasteiger partial charge in [-0.15, -0.1) is 0 Å². The van der Waals surface area contributed by atoms with Gasteiger partial charge in [0.25, 0.3) is 0 Å². The number of nitrogens with two attached hydrogens (primary N) is 1. The molecule has 34 heavy (non-hydrogen) atoms. The number of aromatic nitrogens is 4. The Hall–Kier alpha value is -3.31. The molecule has 2 aliphatic heterocycles. The zero-order valence-corrected chi connectivity index (χ0v) is 18.6. The molecular formula is C23H27F2N9. The lowest BCUT2D eigenvalue weighted by molar-refractivity contribution is 0.342. The van der Waals surface area contributed by atoms with Crippen molar-refractivity contribution in [1.82, 2.24) is 25.3 Å². The third-order valence-corrected chi connectivity index (χ3v) is 6.69. The van der Waals surface area contributed by atoms with E-state index in [9.17, 15) is 8.78 Å². The molecule has 178 valence electrons. The van der Waals surface area contributed by atoms with Crippen LogP contribution < -0.4 is 21.7 Å². The Morgan fingerprint density at radius 3 is 2.74 bits per heavy atom. The minimum atomic E-state index is -1.37. The number of amidine groups is 1. The second-order valence-electron chi connectivity index (χ2n) is 9.36. The van der Waals surface area contributed by atoms with Crippen LogP contribution in [0.3, 0.4) is 0 Å². The molecule has 3 aromatic rings. The number of hydrogen-bond donors (Lipinski definition) is 5. The maximum absolute atomic E-state index is 14.5. The number of benzene rings is 1. The van der Waals surface area contributed by atoms with Crippen LogP contribution in [0.4, 0.5) is 20.4 Å². The van der Waals surface area contributed by atoms with E-state index in [1.807, 2.05) is 10.7 Å². The number of piperidine rings is 1. The molecule has 1 unspecified atom stereocenters. The standard InChI is InChI=1S/C23H27F2N9/c24-15-4-3-14(18(25)9-15)11-23(26)30-21(29-20-10-19(32-33-20)13-1-2-13)17-12-28-34(22(17)31-23)16-5-7-27-8-6-16/h3-4,9-10,12-13,16,27,31H,1-2,5-8,11,26H2,(H2,29,30,32,33). The van der Waals surface area contributed by atoms with E-state index >= 15 is 0 Å². The fourth-order valence-corrected chi connectivity index (χ4v) is 4.74. The van der Waals surface area contributed by atoms with Gasteiger partial charge in [0, 0.05) is 30.2 Å². The molecule has 0 amide bonds. The Kier molecular flexibility index (Phi) is 5.10. The van der Waals surface area contributed by atoms with Crippen LogP contribution in [0.15, 0.2) is 35.5 Å². The van der Waals surface area contributed by atoms with Crippen LogP contribution >= 0.6 is 0 Å². The molecule has 1 saturated heterocycles. The molecule has 6 rings (SSSR count). The third kappa shape index (κ3) is 4.05. The van der Waals surface area contributed by atoms with Crippen LogP contribution in [0.5, 0.6) is 0 Å². The van der Waals surface area contributed by atoms with Crippen LogP contribution in [0, 0.1) is 11.6 Å². The molecule has 0 spiro atoms. The summed E-state index contributed by atoms with van der Waals surface area (Å²) in [6, 6.07) is 5.67. The Balaban J connectivity index is 1.36. The molecule has 0 radical (unpaired) electrons. The summed E-state index contributed by atoms with van der Waals surface area (Å²) in [5.74, 6) is -0.250. The van der Waals surface area contributed by atoms with E-state index < -0.39 is 17.4 Å². The summed E-state index contributed by atoms with van der Waals surface area (Å²) < 4.78 is 29.9. The predicted octanol–water partition coefficient (Wildman–Crippen LogP) is 2.83. The summed E-state index contributed by atoms with van der Waals surface area (Å²) in [7, 11) is 0. The Labute approximate surface area is 195 Å². The van der Waals surface area contributed by atoms with Gasteiger partial charge in [-0.25, -0.2) is 18.5 Å². The van der Waals surface area contributed by atoms with Gasteiger partial charge in [0.1, 0.15) is 23.3 Å². The van der Waals surface area contributed by atoms with Crippen molar-refractivity contribution in [3.8, 4) is 0 Å². The summed E-state index contributed by atoms with van der Waals surface area (Å²) in [5, 5.41) is 22.1. The lowest BCUT2D eigenvalue weighted by Crippen LogP contribution is -2.52. The highest BCUT2D eigenvalue weighted by atomic mass is 19.1. The highest BCUT2D eigenvalue weighted by molar-refractivity contribution is 6.12. The number of aliphatic imine (C=N–C) groups is 1. The second-order valence-corrected chi connectivity index (χ2v) is 9.36. The van der Waals surface area contributed by atoms with E-state index in [1.165, 1.54) is 12.1 Å². The van der Waals surface area contributed by atoms with Gasteiger partial charge in [0.05, 0.1) is 17.8 Å². The van der Waals surface area contributed by atoms with E-state index in [2.05, 4.69) is 31.2 Å². The monoisotopic (exact) mass is 467 g/mol. The summed E-state index contributed by atoms with van der Waals surface area (Å²) in [4.78, 5) is 4.73. The first-order chi connectivity index (χ1) is 16.5. The van der Waals surface area contributed by atoms with Crippen molar-refractivity contribution in [1.29, 1.82) is 0 Å². The first kappa shape index (κ1) is 21.2. The summed E-state index contributed by atoms with van der Waals surface area (Å²) in [5.41, 5.74) is 8.83. The van der Waals surface area contributed by atoms with Crippen molar-refractivity contribution in [3.63, 3.8) is 0 Å². The summed E-state index contributed by atoms with van der Waals surface area (Å²) >= 11 is 0. The molecule has 0 bridgehead atoms. The van der Waals surface area contributed by atoms with Gasteiger partial charge in [0.2, 0.25) is 0 Å². The number of nitrogens with one attached hydrogen (secondary N) is 4. The Morgan fingerprint density at radius 1 is 1.15 bits per heavy atom. The largest absolute Gasteiger partial charge is 0.333 e. The molecule has 1 aliphatic carbocycles. The SMILES string of the molecule is NC1(Cc2ccc(F)cc2F)N=C(Nc2cc(C3CC3)[nH]n2)c2cnn(C3CCNCC3)c2N1. The maximum atomic E-state index is 14.5. The molecule has 2 aromatic heterocycles.